The van der Waals surface area contributed by atoms with Crippen molar-refractivity contribution >= 4 is 34.4 Å². The Morgan fingerprint density at radius 3 is 2.39 bits per heavy atom. The van der Waals surface area contributed by atoms with Crippen molar-refractivity contribution in [2.24, 2.45) is 0 Å². The van der Waals surface area contributed by atoms with Crippen LogP contribution >= 0.6 is 11.8 Å². The van der Waals surface area contributed by atoms with Gasteiger partial charge in [-0.1, -0.05) is 70.0 Å². The van der Waals surface area contributed by atoms with Crippen molar-refractivity contribution in [3.63, 3.8) is 0 Å². The summed E-state index contributed by atoms with van der Waals surface area (Å²) in [5.74, 6) is 1.01. The first-order valence-electron chi connectivity index (χ1n) is 12.9. The fourth-order valence-electron chi connectivity index (χ4n) is 4.32. The highest BCUT2D eigenvalue weighted by Crippen LogP contribution is 2.39. The standard InChI is InChI=1S/C30H37NO4S/c1-4-7-19-35-27-16-14-24-20-23(13-15-26(24)29(27)36-6-3)25(8-5-2)21-9-11-22(12-10-21)30(34)31-18-17-28(32)33/h9-16,20,25H,4-8,17-19H2,1-3H3,(H,31,34)(H,32,33). The number of carboxylic acids is 1. The van der Waals surface area contributed by atoms with E-state index in [1.54, 1.807) is 0 Å². The highest BCUT2D eigenvalue weighted by Gasteiger charge is 2.17. The second kappa shape index (κ2) is 13.9. The topological polar surface area (TPSA) is 75.6 Å². The Labute approximate surface area is 218 Å². The van der Waals surface area contributed by atoms with Crippen LogP contribution in [0.5, 0.6) is 5.75 Å². The van der Waals surface area contributed by atoms with E-state index in [9.17, 15) is 9.59 Å². The van der Waals surface area contributed by atoms with E-state index in [-0.39, 0.29) is 24.8 Å². The van der Waals surface area contributed by atoms with E-state index in [0.717, 1.165) is 43.8 Å². The molecule has 0 radical (unpaired) electrons. The minimum Gasteiger partial charge on any atom is -0.492 e. The van der Waals surface area contributed by atoms with Crippen molar-refractivity contribution in [1.82, 2.24) is 5.32 Å². The van der Waals surface area contributed by atoms with Gasteiger partial charge in [-0.05, 0) is 58.7 Å². The van der Waals surface area contributed by atoms with Gasteiger partial charge >= 0.3 is 5.97 Å². The molecule has 0 fully saturated rings. The summed E-state index contributed by atoms with van der Waals surface area (Å²) in [5, 5.41) is 13.9. The summed E-state index contributed by atoms with van der Waals surface area (Å²) in [6.45, 7) is 7.39. The van der Waals surface area contributed by atoms with Crippen molar-refractivity contribution < 1.29 is 19.4 Å². The molecule has 3 aromatic rings. The maximum absolute atomic E-state index is 12.3. The number of hydrogen-bond donors (Lipinski definition) is 2. The molecule has 1 amide bonds. The molecule has 0 aliphatic heterocycles. The first-order chi connectivity index (χ1) is 17.5. The van der Waals surface area contributed by atoms with Crippen LogP contribution in [0.1, 0.15) is 80.3 Å². The summed E-state index contributed by atoms with van der Waals surface area (Å²) in [6, 6.07) is 18.7. The summed E-state index contributed by atoms with van der Waals surface area (Å²) < 4.78 is 6.11. The van der Waals surface area contributed by atoms with Gasteiger partial charge in [0.1, 0.15) is 5.75 Å². The number of amides is 1. The maximum Gasteiger partial charge on any atom is 0.305 e. The third-order valence-electron chi connectivity index (χ3n) is 6.18. The van der Waals surface area contributed by atoms with Gasteiger partial charge in [0, 0.05) is 18.0 Å². The van der Waals surface area contributed by atoms with Crippen molar-refractivity contribution in [2.75, 3.05) is 18.9 Å². The van der Waals surface area contributed by atoms with Gasteiger partial charge in [-0.15, -0.1) is 11.8 Å². The zero-order valence-electron chi connectivity index (χ0n) is 21.5. The van der Waals surface area contributed by atoms with Crippen LogP contribution in [0, 0.1) is 0 Å². The number of unbranched alkanes of at least 4 members (excludes halogenated alkanes) is 1. The van der Waals surface area contributed by atoms with Crippen molar-refractivity contribution in [3.8, 4) is 5.75 Å². The van der Waals surface area contributed by atoms with Crippen molar-refractivity contribution in [2.45, 2.75) is 63.7 Å². The van der Waals surface area contributed by atoms with Gasteiger partial charge in [-0.25, -0.2) is 0 Å². The van der Waals surface area contributed by atoms with Gasteiger partial charge in [0.15, 0.2) is 0 Å². The number of carbonyl (C=O) groups excluding carboxylic acids is 1. The maximum atomic E-state index is 12.3. The third-order valence-corrected chi connectivity index (χ3v) is 7.18. The number of benzene rings is 3. The average Bonchev–Trinajstić information content (AvgIpc) is 2.88. The highest BCUT2D eigenvalue weighted by atomic mass is 32.2. The number of carboxylic acid groups (broad SMARTS) is 1. The molecule has 192 valence electrons. The first kappa shape index (κ1) is 27.6. The van der Waals surface area contributed by atoms with Gasteiger partial charge in [0.2, 0.25) is 0 Å². The number of hydrogen-bond acceptors (Lipinski definition) is 4. The summed E-state index contributed by atoms with van der Waals surface area (Å²) in [4.78, 5) is 24.2. The number of rotatable bonds is 14. The molecule has 1 unspecified atom stereocenters. The molecule has 0 saturated carbocycles. The summed E-state index contributed by atoms with van der Waals surface area (Å²) in [6.07, 6.45) is 4.12. The number of nitrogens with one attached hydrogen (secondary N) is 1. The molecule has 0 spiro atoms. The number of carbonyl (C=O) groups is 2. The van der Waals surface area contributed by atoms with E-state index in [1.807, 2.05) is 36.0 Å². The Balaban J connectivity index is 1.86. The molecule has 6 heteroatoms. The van der Waals surface area contributed by atoms with Crippen LogP contribution in [-0.2, 0) is 4.79 Å². The van der Waals surface area contributed by atoms with E-state index in [4.69, 9.17) is 9.84 Å². The molecule has 0 heterocycles. The molecule has 2 N–H and O–H groups in total. The molecule has 0 aliphatic rings. The molecule has 1 atom stereocenters. The Morgan fingerprint density at radius 1 is 0.972 bits per heavy atom. The predicted octanol–water partition coefficient (Wildman–Crippen LogP) is 7.27. The second-order valence-electron chi connectivity index (χ2n) is 8.87. The van der Waals surface area contributed by atoms with Crippen molar-refractivity contribution in [1.29, 1.82) is 0 Å². The van der Waals surface area contributed by atoms with Crippen LogP contribution in [0.25, 0.3) is 10.8 Å². The molecular weight excluding hydrogens is 470 g/mol. The van der Waals surface area contributed by atoms with E-state index in [0.29, 0.717) is 5.56 Å². The summed E-state index contributed by atoms with van der Waals surface area (Å²) >= 11 is 1.83. The lowest BCUT2D eigenvalue weighted by Gasteiger charge is -2.20. The summed E-state index contributed by atoms with van der Waals surface area (Å²) in [7, 11) is 0. The lowest BCUT2D eigenvalue weighted by atomic mass is 9.86. The average molecular weight is 508 g/mol. The second-order valence-corrected chi connectivity index (χ2v) is 10.1. The zero-order chi connectivity index (χ0) is 25.9. The van der Waals surface area contributed by atoms with Crippen LogP contribution in [0.3, 0.4) is 0 Å². The minimum atomic E-state index is -0.927. The Bertz CT molecular complexity index is 1160. The molecule has 3 rings (SSSR count). The monoisotopic (exact) mass is 507 g/mol. The number of fused-ring (bicyclic) bond motifs is 1. The molecule has 0 bridgehead atoms. The van der Waals surface area contributed by atoms with Crippen LogP contribution in [0.4, 0.5) is 0 Å². The van der Waals surface area contributed by atoms with Gasteiger partial charge in [0.25, 0.3) is 5.91 Å². The van der Waals surface area contributed by atoms with Crippen molar-refractivity contribution in [3.05, 3.63) is 71.3 Å². The van der Waals surface area contributed by atoms with E-state index < -0.39 is 5.97 Å². The summed E-state index contributed by atoms with van der Waals surface area (Å²) in [5.41, 5.74) is 2.96. The number of ether oxygens (including phenoxy) is 1. The molecule has 3 aromatic carbocycles. The highest BCUT2D eigenvalue weighted by molar-refractivity contribution is 7.99. The molecule has 0 aromatic heterocycles. The Kier molecular flexibility index (Phi) is 10.7. The fourth-order valence-corrected chi connectivity index (χ4v) is 5.22. The smallest absolute Gasteiger partial charge is 0.305 e. The van der Waals surface area contributed by atoms with Crippen LogP contribution < -0.4 is 10.1 Å². The van der Waals surface area contributed by atoms with Crippen LogP contribution in [0.15, 0.2) is 59.5 Å². The molecule has 0 aliphatic carbocycles. The fraction of sp³-hybridized carbons (Fsp3) is 0.400. The molecule has 36 heavy (non-hydrogen) atoms. The van der Waals surface area contributed by atoms with E-state index >= 15 is 0 Å². The molecular formula is C30H37NO4S. The van der Waals surface area contributed by atoms with Gasteiger partial charge in [-0.2, -0.15) is 0 Å². The van der Waals surface area contributed by atoms with E-state index in [1.165, 1.54) is 26.8 Å². The SMILES string of the molecule is CCCCOc1ccc2cc(C(CCC)c3ccc(C(=O)NCCC(=O)O)cc3)ccc2c1SCC. The largest absolute Gasteiger partial charge is 0.492 e. The number of thioether (sulfide) groups is 1. The molecule has 0 saturated heterocycles. The normalized spacial score (nSPS) is 11.9. The quantitative estimate of drug-likeness (QED) is 0.177. The van der Waals surface area contributed by atoms with Crippen LogP contribution in [0.2, 0.25) is 0 Å². The Morgan fingerprint density at radius 2 is 1.72 bits per heavy atom. The van der Waals surface area contributed by atoms with Gasteiger partial charge < -0.3 is 15.2 Å². The number of aliphatic carboxylic acids is 1. The van der Waals surface area contributed by atoms with Gasteiger partial charge in [0.05, 0.1) is 17.9 Å². The van der Waals surface area contributed by atoms with E-state index in [2.05, 4.69) is 56.4 Å². The minimum absolute atomic E-state index is 0.0881. The van der Waals surface area contributed by atoms with Crippen LogP contribution in [-0.4, -0.2) is 35.9 Å². The third kappa shape index (κ3) is 7.26. The lowest BCUT2D eigenvalue weighted by Crippen LogP contribution is -2.25. The first-order valence-corrected chi connectivity index (χ1v) is 13.9. The van der Waals surface area contributed by atoms with Gasteiger partial charge in [-0.3, -0.25) is 9.59 Å². The Hall–Kier alpha value is -2.99. The predicted molar refractivity (Wildman–Crippen MR) is 149 cm³/mol. The zero-order valence-corrected chi connectivity index (χ0v) is 22.3. The lowest BCUT2D eigenvalue weighted by molar-refractivity contribution is -0.136. The molecule has 5 nitrogen and oxygen atoms in total.